The van der Waals surface area contributed by atoms with Gasteiger partial charge in [0.15, 0.2) is 0 Å². The second-order valence-corrected chi connectivity index (χ2v) is 7.96. The van der Waals surface area contributed by atoms with Gasteiger partial charge >= 0.3 is 0 Å². The Morgan fingerprint density at radius 3 is 2.77 bits per heavy atom. The van der Waals surface area contributed by atoms with Crippen LogP contribution in [0.25, 0.3) is 5.69 Å². The summed E-state index contributed by atoms with van der Waals surface area (Å²) in [7, 11) is 0. The van der Waals surface area contributed by atoms with Gasteiger partial charge in [0.25, 0.3) is 5.91 Å². The monoisotopic (exact) mass is 423 g/mol. The van der Waals surface area contributed by atoms with E-state index in [4.69, 9.17) is 0 Å². The first-order valence-corrected chi connectivity index (χ1v) is 10.2. The number of benzene rings is 1. The molecule has 0 radical (unpaired) electrons. The Labute approximate surface area is 177 Å². The summed E-state index contributed by atoms with van der Waals surface area (Å²) in [4.78, 5) is 51.6. The molecule has 1 aromatic heterocycles. The highest BCUT2D eigenvalue weighted by Gasteiger charge is 2.39. The Hall–Kier alpha value is -3.60. The molecule has 5 rings (SSSR count). The maximum Gasteiger partial charge on any atom is 0.255 e. The predicted molar refractivity (Wildman–Crippen MR) is 106 cm³/mol. The van der Waals surface area contributed by atoms with E-state index in [2.05, 4.69) is 20.9 Å². The summed E-state index contributed by atoms with van der Waals surface area (Å²) in [6.07, 6.45) is 2.34. The summed E-state index contributed by atoms with van der Waals surface area (Å²) in [6.45, 7) is 2.54. The third kappa shape index (κ3) is 3.67. The molecule has 2 fully saturated rings. The van der Waals surface area contributed by atoms with Crippen LogP contribution in [-0.2, 0) is 27.5 Å². The average Bonchev–Trinajstić information content (AvgIpc) is 3.33. The van der Waals surface area contributed by atoms with Gasteiger partial charge in [-0.2, -0.15) is 0 Å². The molecule has 0 saturated carbocycles. The number of amides is 4. The highest BCUT2D eigenvalue weighted by molar-refractivity contribution is 6.05. The Morgan fingerprint density at radius 2 is 1.97 bits per heavy atom. The quantitative estimate of drug-likeness (QED) is 0.601. The number of carbonyl (C=O) groups excluding carboxylic acids is 4. The van der Waals surface area contributed by atoms with Crippen LogP contribution in [-0.4, -0.2) is 74.1 Å². The van der Waals surface area contributed by atoms with Gasteiger partial charge in [-0.1, -0.05) is 11.3 Å². The van der Waals surface area contributed by atoms with Crippen LogP contribution in [0.5, 0.6) is 0 Å². The van der Waals surface area contributed by atoms with Gasteiger partial charge in [-0.25, -0.2) is 4.68 Å². The minimum absolute atomic E-state index is 0.00339. The van der Waals surface area contributed by atoms with Crippen molar-refractivity contribution < 1.29 is 19.2 Å². The largest absolute Gasteiger partial charge is 0.354 e. The smallest absolute Gasteiger partial charge is 0.255 e. The van der Waals surface area contributed by atoms with Crippen LogP contribution in [0.2, 0.25) is 0 Å². The van der Waals surface area contributed by atoms with Crippen LogP contribution in [0.15, 0.2) is 24.4 Å². The molecule has 1 unspecified atom stereocenters. The number of hydrogen-bond acceptors (Lipinski definition) is 7. The third-order valence-electron chi connectivity index (χ3n) is 5.82. The molecular formula is C20H21N7O4. The summed E-state index contributed by atoms with van der Waals surface area (Å²) in [5.41, 5.74) is 2.77. The van der Waals surface area contributed by atoms with Gasteiger partial charge in [0.2, 0.25) is 17.7 Å². The molecule has 31 heavy (non-hydrogen) atoms. The maximum atomic E-state index is 13.0. The van der Waals surface area contributed by atoms with Crippen LogP contribution in [0.4, 0.5) is 0 Å². The van der Waals surface area contributed by atoms with Crippen molar-refractivity contribution in [2.24, 2.45) is 0 Å². The summed E-state index contributed by atoms with van der Waals surface area (Å²) < 4.78 is 1.60. The molecular weight excluding hydrogens is 402 g/mol. The molecule has 0 spiro atoms. The van der Waals surface area contributed by atoms with Crippen molar-refractivity contribution in [3.63, 3.8) is 0 Å². The van der Waals surface area contributed by atoms with Gasteiger partial charge in [-0.3, -0.25) is 29.4 Å². The molecule has 2 saturated heterocycles. The zero-order valence-corrected chi connectivity index (χ0v) is 16.7. The minimum Gasteiger partial charge on any atom is -0.354 e. The van der Waals surface area contributed by atoms with E-state index in [0.29, 0.717) is 43.9 Å². The van der Waals surface area contributed by atoms with Crippen LogP contribution < -0.4 is 10.6 Å². The van der Waals surface area contributed by atoms with Crippen LogP contribution in [0.3, 0.4) is 0 Å². The first-order chi connectivity index (χ1) is 15.0. The van der Waals surface area contributed by atoms with Crippen molar-refractivity contribution >= 4 is 23.6 Å². The maximum absolute atomic E-state index is 13.0. The van der Waals surface area contributed by atoms with E-state index in [1.54, 1.807) is 16.9 Å². The normalized spacial score (nSPS) is 21.8. The van der Waals surface area contributed by atoms with Crippen molar-refractivity contribution in [1.29, 1.82) is 0 Å². The van der Waals surface area contributed by atoms with E-state index in [0.717, 1.165) is 17.8 Å². The van der Waals surface area contributed by atoms with Crippen LogP contribution in [0, 0.1) is 0 Å². The summed E-state index contributed by atoms with van der Waals surface area (Å²) in [6, 6.07) is 4.81. The van der Waals surface area contributed by atoms with E-state index in [1.165, 1.54) is 4.90 Å². The van der Waals surface area contributed by atoms with E-state index in [9.17, 15) is 19.2 Å². The molecule has 1 aromatic carbocycles. The Kier molecular flexibility index (Phi) is 4.74. The summed E-state index contributed by atoms with van der Waals surface area (Å²) >= 11 is 0. The van der Waals surface area contributed by atoms with Crippen molar-refractivity contribution in [3.05, 3.63) is 41.2 Å². The fourth-order valence-electron chi connectivity index (χ4n) is 4.24. The Morgan fingerprint density at radius 1 is 1.10 bits per heavy atom. The summed E-state index contributed by atoms with van der Waals surface area (Å²) in [5, 5.41) is 13.4. The fourth-order valence-corrected chi connectivity index (χ4v) is 4.24. The number of nitrogens with one attached hydrogen (secondary N) is 2. The molecule has 11 nitrogen and oxygen atoms in total. The molecule has 2 aromatic rings. The highest BCUT2D eigenvalue weighted by Crippen LogP contribution is 2.29. The number of rotatable bonds is 4. The van der Waals surface area contributed by atoms with E-state index in [-0.39, 0.29) is 24.1 Å². The SMILES string of the molecule is O=C1CN(Cc2cn(-c3ccc4c(c3)C(=O)N(C3CCC(=O)NC3=O)C4)nn2)CCN1. The van der Waals surface area contributed by atoms with Crippen molar-refractivity contribution in [2.45, 2.75) is 32.0 Å². The van der Waals surface area contributed by atoms with Crippen molar-refractivity contribution in [3.8, 4) is 5.69 Å². The standard InChI is InChI=1S/C20H21N7O4/c28-17-4-3-16(19(30)22-17)26-8-12-1-2-14(7-15(12)20(26)31)27-10-13(23-24-27)9-25-6-5-21-18(29)11-25/h1-2,7,10,16H,3-6,8-9,11H2,(H,21,29)(H,22,28,30). The molecule has 4 heterocycles. The van der Waals surface area contributed by atoms with Gasteiger partial charge in [-0.05, 0) is 24.1 Å². The fraction of sp³-hybridized carbons (Fsp3) is 0.400. The molecule has 0 bridgehead atoms. The average molecular weight is 423 g/mol. The van der Waals surface area contributed by atoms with Gasteiger partial charge in [0.05, 0.1) is 24.1 Å². The topological polar surface area (TPSA) is 130 Å². The summed E-state index contributed by atoms with van der Waals surface area (Å²) in [5.74, 6) is -0.966. The molecule has 160 valence electrons. The number of nitrogens with zero attached hydrogens (tertiary/aromatic N) is 5. The third-order valence-corrected chi connectivity index (χ3v) is 5.82. The number of aromatic nitrogens is 3. The van der Waals surface area contributed by atoms with Crippen LogP contribution in [0.1, 0.15) is 34.5 Å². The van der Waals surface area contributed by atoms with Crippen molar-refractivity contribution in [1.82, 2.24) is 35.4 Å². The molecule has 2 N–H and O–H groups in total. The molecule has 11 heteroatoms. The van der Waals surface area contributed by atoms with E-state index >= 15 is 0 Å². The number of imide groups is 1. The van der Waals surface area contributed by atoms with Gasteiger partial charge in [0, 0.05) is 38.2 Å². The van der Waals surface area contributed by atoms with E-state index in [1.807, 2.05) is 17.0 Å². The molecule has 4 amide bonds. The lowest BCUT2D eigenvalue weighted by Crippen LogP contribution is -2.52. The van der Waals surface area contributed by atoms with Gasteiger partial charge in [-0.15, -0.1) is 5.10 Å². The highest BCUT2D eigenvalue weighted by atomic mass is 16.2. The van der Waals surface area contributed by atoms with Crippen molar-refractivity contribution in [2.75, 3.05) is 19.6 Å². The van der Waals surface area contributed by atoms with Gasteiger partial charge in [0.1, 0.15) is 6.04 Å². The lowest BCUT2D eigenvalue weighted by Gasteiger charge is -2.29. The molecule has 1 atom stereocenters. The first kappa shape index (κ1) is 19.4. The zero-order valence-electron chi connectivity index (χ0n) is 16.7. The van der Waals surface area contributed by atoms with Crippen LogP contribution >= 0.6 is 0 Å². The number of fused-ring (bicyclic) bond motifs is 1. The molecule has 3 aliphatic rings. The number of piperidine rings is 1. The molecule has 3 aliphatic heterocycles. The predicted octanol–water partition coefficient (Wildman–Crippen LogP) is -1.04. The number of piperazine rings is 1. The van der Waals surface area contributed by atoms with Gasteiger partial charge < -0.3 is 10.2 Å². The lowest BCUT2D eigenvalue weighted by atomic mass is 10.0. The first-order valence-electron chi connectivity index (χ1n) is 10.2. The second-order valence-electron chi connectivity index (χ2n) is 7.96. The Balaban J connectivity index is 1.32. The lowest BCUT2D eigenvalue weighted by molar-refractivity contribution is -0.137. The number of hydrogen-bond donors (Lipinski definition) is 2. The number of carbonyl (C=O) groups is 4. The van der Waals surface area contributed by atoms with E-state index < -0.39 is 11.9 Å². The Bertz CT molecular complexity index is 1090. The minimum atomic E-state index is -0.638. The molecule has 0 aliphatic carbocycles. The second kappa shape index (κ2) is 7.58. The zero-order chi connectivity index (χ0) is 21.5.